The third-order valence-corrected chi connectivity index (χ3v) is 3.06. The number of nitrogens with zero attached hydrogens (tertiary/aromatic N) is 3. The van der Waals surface area contributed by atoms with Crippen LogP contribution in [-0.2, 0) is 0 Å². The average molecular weight is 335 g/mol. The second-order valence-corrected chi connectivity index (χ2v) is 4.87. The van der Waals surface area contributed by atoms with E-state index < -0.39 is 11.7 Å². The fourth-order valence-electron chi connectivity index (χ4n) is 1.90. The summed E-state index contributed by atoms with van der Waals surface area (Å²) < 4.78 is 5.29. The number of anilines is 1. The van der Waals surface area contributed by atoms with Gasteiger partial charge in [-0.1, -0.05) is 18.2 Å². The molecule has 3 aromatic rings. The van der Waals surface area contributed by atoms with E-state index in [1.54, 1.807) is 48.5 Å². The fraction of sp³-hybridized carbons (Fsp3) is 0. The van der Waals surface area contributed by atoms with Gasteiger partial charge < -0.3 is 4.74 Å². The second kappa shape index (κ2) is 7.64. The first-order valence-corrected chi connectivity index (χ1v) is 7.29. The van der Waals surface area contributed by atoms with Crippen LogP contribution in [0.2, 0.25) is 0 Å². The van der Waals surface area contributed by atoms with Crippen LogP contribution in [0.5, 0.6) is 5.75 Å². The van der Waals surface area contributed by atoms with Gasteiger partial charge in [0, 0.05) is 0 Å². The third-order valence-electron chi connectivity index (χ3n) is 3.06. The molecule has 1 aromatic heterocycles. The number of carbonyl (C=O) groups is 1. The standard InChI is InChI=1S/C17H13N5O3/c23-16(13-4-2-1-3-5-13)25-14-8-6-12(7-9-14)10-18-21-15-11-19-22-17(24)20-15/h1-11H,(H2,20,21,22,24)/b18-10+. The zero-order valence-corrected chi connectivity index (χ0v) is 12.9. The molecule has 0 spiro atoms. The molecule has 0 aliphatic heterocycles. The Balaban J connectivity index is 1.59. The fourth-order valence-corrected chi connectivity index (χ4v) is 1.90. The number of hydrogen-bond donors (Lipinski definition) is 2. The van der Waals surface area contributed by atoms with Gasteiger partial charge in [0.2, 0.25) is 0 Å². The Bertz CT molecular complexity index is 936. The highest BCUT2D eigenvalue weighted by atomic mass is 16.5. The summed E-state index contributed by atoms with van der Waals surface area (Å²) in [6.07, 6.45) is 2.87. The Morgan fingerprint density at radius 1 is 1.12 bits per heavy atom. The summed E-state index contributed by atoms with van der Waals surface area (Å²) in [5, 5.41) is 9.71. The molecule has 25 heavy (non-hydrogen) atoms. The number of esters is 1. The maximum absolute atomic E-state index is 12.0. The van der Waals surface area contributed by atoms with Gasteiger partial charge in [-0.3, -0.25) is 5.43 Å². The number of aromatic nitrogens is 3. The molecule has 0 radical (unpaired) electrons. The molecule has 1 heterocycles. The van der Waals surface area contributed by atoms with Crippen LogP contribution in [0.1, 0.15) is 15.9 Å². The molecule has 0 bridgehead atoms. The van der Waals surface area contributed by atoms with Crippen LogP contribution in [0.25, 0.3) is 0 Å². The number of rotatable bonds is 5. The van der Waals surface area contributed by atoms with Gasteiger partial charge in [-0.25, -0.2) is 14.7 Å². The van der Waals surface area contributed by atoms with Crippen LogP contribution >= 0.6 is 0 Å². The van der Waals surface area contributed by atoms with Crippen LogP contribution in [0.15, 0.2) is 70.7 Å². The van der Waals surface area contributed by atoms with Gasteiger partial charge in [0.15, 0.2) is 5.82 Å². The second-order valence-electron chi connectivity index (χ2n) is 4.87. The normalized spacial score (nSPS) is 10.6. The highest BCUT2D eigenvalue weighted by Gasteiger charge is 2.07. The topological polar surface area (TPSA) is 109 Å². The van der Waals surface area contributed by atoms with E-state index >= 15 is 0 Å². The number of hydrogen-bond acceptors (Lipinski definition) is 7. The maximum Gasteiger partial charge on any atom is 0.363 e. The van der Waals surface area contributed by atoms with Gasteiger partial charge in [-0.15, -0.1) is 0 Å². The highest BCUT2D eigenvalue weighted by Crippen LogP contribution is 2.13. The van der Waals surface area contributed by atoms with E-state index in [-0.39, 0.29) is 5.82 Å². The maximum atomic E-state index is 12.0. The molecule has 0 fully saturated rings. The van der Waals surface area contributed by atoms with E-state index in [9.17, 15) is 9.59 Å². The minimum Gasteiger partial charge on any atom is -0.423 e. The summed E-state index contributed by atoms with van der Waals surface area (Å²) in [5.41, 5.74) is 3.28. The number of nitrogens with one attached hydrogen (secondary N) is 2. The van der Waals surface area contributed by atoms with Crippen molar-refractivity contribution in [2.45, 2.75) is 0 Å². The Hall–Kier alpha value is -3.81. The first kappa shape index (κ1) is 16.1. The molecule has 124 valence electrons. The van der Waals surface area contributed by atoms with Crippen LogP contribution in [-0.4, -0.2) is 27.4 Å². The largest absolute Gasteiger partial charge is 0.423 e. The van der Waals surface area contributed by atoms with E-state index in [1.807, 2.05) is 6.07 Å². The molecule has 2 aromatic carbocycles. The van der Waals surface area contributed by atoms with E-state index in [2.05, 4.69) is 25.7 Å². The SMILES string of the molecule is O=C(Oc1ccc(/C=N/Nc2cn[nH]c(=O)n2)cc1)c1ccccc1. The Kier molecular flexibility index (Phi) is 4.91. The molecular formula is C17H13N5O3. The van der Waals surface area contributed by atoms with Crippen molar-refractivity contribution in [3.05, 3.63) is 82.4 Å². The highest BCUT2D eigenvalue weighted by molar-refractivity contribution is 5.91. The van der Waals surface area contributed by atoms with Crippen LogP contribution in [0.3, 0.4) is 0 Å². The molecule has 8 nitrogen and oxygen atoms in total. The third kappa shape index (κ3) is 4.58. The molecule has 0 atom stereocenters. The lowest BCUT2D eigenvalue weighted by Crippen LogP contribution is -2.13. The van der Waals surface area contributed by atoms with E-state index in [1.165, 1.54) is 12.4 Å². The van der Waals surface area contributed by atoms with E-state index in [4.69, 9.17) is 4.74 Å². The molecule has 0 amide bonds. The summed E-state index contributed by atoms with van der Waals surface area (Å²) in [7, 11) is 0. The van der Waals surface area contributed by atoms with Gasteiger partial charge >= 0.3 is 11.7 Å². The van der Waals surface area contributed by atoms with Gasteiger partial charge in [0.05, 0.1) is 18.0 Å². The van der Waals surface area contributed by atoms with Crippen molar-refractivity contribution in [1.29, 1.82) is 0 Å². The molecule has 0 saturated carbocycles. The molecule has 8 heteroatoms. The average Bonchev–Trinajstić information content (AvgIpc) is 2.64. The van der Waals surface area contributed by atoms with Crippen LogP contribution in [0.4, 0.5) is 5.82 Å². The summed E-state index contributed by atoms with van der Waals surface area (Å²) in [4.78, 5) is 26.6. The number of benzene rings is 2. The predicted molar refractivity (Wildman–Crippen MR) is 91.7 cm³/mol. The number of aromatic amines is 1. The first-order chi connectivity index (χ1) is 12.2. The van der Waals surface area contributed by atoms with Crippen LogP contribution in [0, 0.1) is 0 Å². The Morgan fingerprint density at radius 2 is 1.88 bits per heavy atom. The van der Waals surface area contributed by atoms with Crippen molar-refractivity contribution in [2.75, 3.05) is 5.43 Å². The monoisotopic (exact) mass is 335 g/mol. The van der Waals surface area contributed by atoms with Crippen molar-refractivity contribution >= 4 is 18.0 Å². The van der Waals surface area contributed by atoms with E-state index in [0.29, 0.717) is 11.3 Å². The van der Waals surface area contributed by atoms with Gasteiger partial charge in [0.25, 0.3) is 0 Å². The zero-order chi connectivity index (χ0) is 17.5. The molecule has 2 N–H and O–H groups in total. The summed E-state index contributed by atoms with van der Waals surface area (Å²) >= 11 is 0. The molecule has 3 rings (SSSR count). The van der Waals surface area contributed by atoms with Crippen molar-refractivity contribution < 1.29 is 9.53 Å². The predicted octanol–water partition coefficient (Wildman–Crippen LogP) is 1.83. The zero-order valence-electron chi connectivity index (χ0n) is 12.9. The minimum atomic E-state index is -0.565. The lowest BCUT2D eigenvalue weighted by molar-refractivity contribution is 0.0735. The smallest absolute Gasteiger partial charge is 0.363 e. The lowest BCUT2D eigenvalue weighted by Gasteiger charge is -2.04. The quantitative estimate of drug-likeness (QED) is 0.319. The number of hydrazone groups is 1. The first-order valence-electron chi connectivity index (χ1n) is 7.29. The van der Waals surface area contributed by atoms with Gasteiger partial charge in [-0.05, 0) is 42.0 Å². The minimum absolute atomic E-state index is 0.230. The van der Waals surface area contributed by atoms with Crippen molar-refractivity contribution in [2.24, 2.45) is 5.10 Å². The molecule has 0 unspecified atom stereocenters. The Morgan fingerprint density at radius 3 is 2.60 bits per heavy atom. The van der Waals surface area contributed by atoms with E-state index in [0.717, 1.165) is 5.56 Å². The molecule has 0 aliphatic rings. The number of ether oxygens (including phenoxy) is 1. The molecule has 0 saturated heterocycles. The van der Waals surface area contributed by atoms with Gasteiger partial charge in [-0.2, -0.15) is 15.2 Å². The van der Waals surface area contributed by atoms with Crippen molar-refractivity contribution in [3.8, 4) is 5.75 Å². The molecular weight excluding hydrogens is 322 g/mol. The number of carbonyl (C=O) groups excluding carboxylic acids is 1. The summed E-state index contributed by atoms with van der Waals surface area (Å²) in [6.45, 7) is 0. The van der Waals surface area contributed by atoms with Crippen molar-refractivity contribution in [1.82, 2.24) is 15.2 Å². The summed E-state index contributed by atoms with van der Waals surface area (Å²) in [6, 6.07) is 15.5. The lowest BCUT2D eigenvalue weighted by atomic mass is 10.2. The molecule has 0 aliphatic carbocycles. The van der Waals surface area contributed by atoms with Crippen LogP contribution < -0.4 is 15.9 Å². The van der Waals surface area contributed by atoms with Crippen molar-refractivity contribution in [3.63, 3.8) is 0 Å². The Labute approximate surface area is 142 Å². The number of H-pyrrole nitrogens is 1. The summed E-state index contributed by atoms with van der Waals surface area (Å²) in [5.74, 6) is 0.240. The van der Waals surface area contributed by atoms with Gasteiger partial charge in [0.1, 0.15) is 5.75 Å².